The van der Waals surface area contributed by atoms with Crippen molar-refractivity contribution in [3.8, 4) is 11.1 Å². The third-order valence-electron chi connectivity index (χ3n) is 3.32. The molecule has 3 rings (SSSR count). The van der Waals surface area contributed by atoms with E-state index in [1.807, 2.05) is 30.3 Å². The lowest BCUT2D eigenvalue weighted by Crippen LogP contribution is -2.04. The molecule has 0 fully saturated rings. The zero-order valence-corrected chi connectivity index (χ0v) is 9.88. The van der Waals surface area contributed by atoms with Crippen LogP contribution in [0.3, 0.4) is 0 Å². The number of hydrogen-bond acceptors (Lipinski definition) is 3. The summed E-state index contributed by atoms with van der Waals surface area (Å²) in [7, 11) is 1.36. The molecule has 0 aromatic heterocycles. The molecule has 1 N–H and O–H groups in total. The fourth-order valence-corrected chi connectivity index (χ4v) is 2.51. The number of esters is 1. The Kier molecular flexibility index (Phi) is 2.42. The van der Waals surface area contributed by atoms with Gasteiger partial charge < -0.3 is 9.84 Å². The van der Waals surface area contributed by atoms with E-state index in [4.69, 9.17) is 4.74 Å². The summed E-state index contributed by atoms with van der Waals surface area (Å²) in [6.45, 7) is 0. The summed E-state index contributed by atoms with van der Waals surface area (Å²) in [6, 6.07) is 12.9. The zero-order chi connectivity index (χ0) is 12.7. The number of fused-ring (bicyclic) bond motifs is 3. The van der Waals surface area contributed by atoms with Crippen LogP contribution in [0.5, 0.6) is 0 Å². The third kappa shape index (κ3) is 1.38. The second-order valence-corrected chi connectivity index (χ2v) is 4.25. The Morgan fingerprint density at radius 3 is 2.61 bits per heavy atom. The number of carbonyl (C=O) groups excluding carboxylic acids is 1. The molecule has 2 aromatic carbocycles. The molecule has 0 spiro atoms. The summed E-state index contributed by atoms with van der Waals surface area (Å²) in [5.74, 6) is -0.379. The van der Waals surface area contributed by atoms with Gasteiger partial charge in [0.25, 0.3) is 0 Å². The van der Waals surface area contributed by atoms with Gasteiger partial charge in [-0.3, -0.25) is 0 Å². The van der Waals surface area contributed by atoms with Crippen LogP contribution < -0.4 is 0 Å². The fourth-order valence-electron chi connectivity index (χ4n) is 2.51. The van der Waals surface area contributed by atoms with E-state index in [1.165, 1.54) is 7.11 Å². The van der Waals surface area contributed by atoms with Crippen molar-refractivity contribution >= 4 is 5.97 Å². The summed E-state index contributed by atoms with van der Waals surface area (Å²) >= 11 is 0. The van der Waals surface area contributed by atoms with E-state index in [0.717, 1.165) is 22.3 Å². The fraction of sp³-hybridized carbons (Fsp3) is 0.133. The molecule has 2 aromatic rings. The van der Waals surface area contributed by atoms with Gasteiger partial charge in [0.2, 0.25) is 0 Å². The van der Waals surface area contributed by atoms with Crippen LogP contribution in [-0.2, 0) is 4.74 Å². The summed E-state index contributed by atoms with van der Waals surface area (Å²) in [5, 5.41) is 10.3. The van der Waals surface area contributed by atoms with Gasteiger partial charge in [0.1, 0.15) is 6.10 Å². The highest BCUT2D eigenvalue weighted by Gasteiger charge is 2.30. The van der Waals surface area contributed by atoms with Crippen molar-refractivity contribution in [3.05, 3.63) is 59.2 Å². The Hall–Kier alpha value is -2.13. The van der Waals surface area contributed by atoms with Gasteiger partial charge in [0.15, 0.2) is 0 Å². The van der Waals surface area contributed by atoms with Crippen molar-refractivity contribution < 1.29 is 14.6 Å². The zero-order valence-electron chi connectivity index (χ0n) is 9.88. The average Bonchev–Trinajstić information content (AvgIpc) is 2.72. The SMILES string of the molecule is COC(=O)c1cccc2c1-c1ccccc1[C@H]2O. The molecule has 3 heteroatoms. The molecule has 0 unspecified atom stereocenters. The molecule has 3 nitrogen and oxygen atoms in total. The molecule has 18 heavy (non-hydrogen) atoms. The van der Waals surface area contributed by atoms with Crippen molar-refractivity contribution in [1.82, 2.24) is 0 Å². The quantitative estimate of drug-likeness (QED) is 0.779. The molecule has 0 heterocycles. The molecule has 0 saturated carbocycles. The molecule has 0 saturated heterocycles. The Bertz CT molecular complexity index is 631. The van der Waals surface area contributed by atoms with Gasteiger partial charge in [0.05, 0.1) is 12.7 Å². The Balaban J connectivity index is 2.31. The molecule has 1 atom stereocenters. The van der Waals surface area contributed by atoms with E-state index >= 15 is 0 Å². The smallest absolute Gasteiger partial charge is 0.338 e. The first kappa shape index (κ1) is 11.0. The summed E-state index contributed by atoms with van der Waals surface area (Å²) < 4.78 is 4.79. The lowest BCUT2D eigenvalue weighted by molar-refractivity contribution is 0.0601. The third-order valence-corrected chi connectivity index (χ3v) is 3.32. The van der Waals surface area contributed by atoms with Crippen LogP contribution in [0.15, 0.2) is 42.5 Å². The van der Waals surface area contributed by atoms with E-state index in [1.54, 1.807) is 12.1 Å². The normalized spacial score (nSPS) is 16.0. The number of rotatable bonds is 1. The minimum absolute atomic E-state index is 0.379. The van der Waals surface area contributed by atoms with Crippen molar-refractivity contribution in [3.63, 3.8) is 0 Å². The standard InChI is InChI=1S/C15H12O3/c1-18-15(17)12-8-4-7-11-13(12)9-5-2-3-6-10(9)14(11)16/h2-8,14,16H,1H3/t14-/m1/s1. The predicted octanol–water partition coefficient (Wildman–Crippen LogP) is 2.54. The Morgan fingerprint density at radius 2 is 1.83 bits per heavy atom. The van der Waals surface area contributed by atoms with E-state index in [9.17, 15) is 9.90 Å². The molecule has 0 bridgehead atoms. The molecule has 0 aliphatic heterocycles. The van der Waals surface area contributed by atoms with Crippen molar-refractivity contribution in [1.29, 1.82) is 0 Å². The van der Waals surface area contributed by atoms with Gasteiger partial charge >= 0.3 is 5.97 Å². The predicted molar refractivity (Wildman–Crippen MR) is 67.3 cm³/mol. The maximum atomic E-state index is 11.8. The number of hydrogen-bond donors (Lipinski definition) is 1. The minimum Gasteiger partial charge on any atom is -0.465 e. The van der Waals surface area contributed by atoms with Crippen LogP contribution in [0.25, 0.3) is 11.1 Å². The molecule has 90 valence electrons. The maximum Gasteiger partial charge on any atom is 0.338 e. The number of carbonyl (C=O) groups is 1. The summed E-state index contributed by atoms with van der Waals surface area (Å²) in [4.78, 5) is 11.8. The molecular weight excluding hydrogens is 228 g/mol. The highest BCUT2D eigenvalue weighted by Crippen LogP contribution is 2.44. The molecule has 1 aliphatic rings. The summed E-state index contributed by atoms with van der Waals surface area (Å²) in [5.41, 5.74) is 3.79. The molecule has 0 radical (unpaired) electrons. The van der Waals surface area contributed by atoms with Crippen LogP contribution in [0.4, 0.5) is 0 Å². The van der Waals surface area contributed by atoms with Crippen LogP contribution in [0.2, 0.25) is 0 Å². The highest BCUT2D eigenvalue weighted by molar-refractivity contribution is 6.00. The van der Waals surface area contributed by atoms with Crippen LogP contribution in [-0.4, -0.2) is 18.2 Å². The van der Waals surface area contributed by atoms with Crippen molar-refractivity contribution in [2.24, 2.45) is 0 Å². The molecule has 1 aliphatic carbocycles. The van der Waals surface area contributed by atoms with Crippen LogP contribution in [0, 0.1) is 0 Å². The number of ether oxygens (including phenoxy) is 1. The topological polar surface area (TPSA) is 46.5 Å². The Morgan fingerprint density at radius 1 is 1.11 bits per heavy atom. The van der Waals surface area contributed by atoms with Gasteiger partial charge in [-0.25, -0.2) is 4.79 Å². The Labute approximate surface area is 105 Å². The van der Waals surface area contributed by atoms with E-state index < -0.39 is 6.10 Å². The minimum atomic E-state index is -0.666. The maximum absolute atomic E-state index is 11.8. The van der Waals surface area contributed by atoms with E-state index in [0.29, 0.717) is 5.56 Å². The largest absolute Gasteiger partial charge is 0.465 e. The van der Waals surface area contributed by atoms with Gasteiger partial charge in [-0.1, -0.05) is 36.4 Å². The number of benzene rings is 2. The molecular formula is C15H12O3. The molecule has 0 amide bonds. The van der Waals surface area contributed by atoms with E-state index in [-0.39, 0.29) is 5.97 Å². The second-order valence-electron chi connectivity index (χ2n) is 4.25. The number of methoxy groups -OCH3 is 1. The van der Waals surface area contributed by atoms with E-state index in [2.05, 4.69) is 0 Å². The lowest BCUT2D eigenvalue weighted by Gasteiger charge is -2.07. The average molecular weight is 240 g/mol. The first-order chi connectivity index (χ1) is 8.74. The van der Waals surface area contributed by atoms with Crippen molar-refractivity contribution in [2.75, 3.05) is 7.11 Å². The second kappa shape index (κ2) is 3.96. The first-order valence-electron chi connectivity index (χ1n) is 5.72. The number of aliphatic hydroxyl groups is 1. The van der Waals surface area contributed by atoms with Gasteiger partial charge in [0, 0.05) is 5.56 Å². The van der Waals surface area contributed by atoms with Crippen LogP contribution >= 0.6 is 0 Å². The van der Waals surface area contributed by atoms with Gasteiger partial charge in [-0.2, -0.15) is 0 Å². The summed E-state index contributed by atoms with van der Waals surface area (Å²) in [6.07, 6.45) is -0.666. The lowest BCUT2D eigenvalue weighted by atomic mass is 9.99. The van der Waals surface area contributed by atoms with Crippen molar-refractivity contribution in [2.45, 2.75) is 6.10 Å². The van der Waals surface area contributed by atoms with Gasteiger partial charge in [-0.15, -0.1) is 0 Å². The number of aliphatic hydroxyl groups excluding tert-OH is 1. The van der Waals surface area contributed by atoms with Gasteiger partial charge in [-0.05, 0) is 22.8 Å². The highest BCUT2D eigenvalue weighted by atomic mass is 16.5. The first-order valence-corrected chi connectivity index (χ1v) is 5.72. The monoisotopic (exact) mass is 240 g/mol. The van der Waals surface area contributed by atoms with Crippen LogP contribution in [0.1, 0.15) is 27.6 Å².